The Labute approximate surface area is 217 Å². The minimum absolute atomic E-state index is 0.0556. The van der Waals surface area contributed by atoms with Crippen LogP contribution in [-0.4, -0.2) is 31.3 Å². The van der Waals surface area contributed by atoms with Gasteiger partial charge in [-0.1, -0.05) is 78.8 Å². The van der Waals surface area contributed by atoms with Crippen molar-refractivity contribution in [2.45, 2.75) is 91.1 Å². The zero-order valence-corrected chi connectivity index (χ0v) is 23.1. The Morgan fingerprint density at radius 1 is 0.917 bits per heavy atom. The van der Waals surface area contributed by atoms with Crippen LogP contribution in [0.15, 0.2) is 48.5 Å². The third-order valence-corrected chi connectivity index (χ3v) is 7.08. The molecule has 2 amide bonds. The van der Waals surface area contributed by atoms with Gasteiger partial charge in [0.05, 0.1) is 13.0 Å². The van der Waals surface area contributed by atoms with Crippen LogP contribution < -0.4 is 15.4 Å². The molecule has 0 aliphatic carbocycles. The van der Waals surface area contributed by atoms with Crippen molar-refractivity contribution in [3.8, 4) is 5.75 Å². The summed E-state index contributed by atoms with van der Waals surface area (Å²) in [5, 5.41) is 5.41. The van der Waals surface area contributed by atoms with E-state index in [9.17, 15) is 9.59 Å². The molecule has 0 radical (unpaired) electrons. The number of carbonyl (C=O) groups is 2. The summed E-state index contributed by atoms with van der Waals surface area (Å²) < 4.78 is 11.7. The number of carbonyl (C=O) groups excluding carboxylic acids is 2. The van der Waals surface area contributed by atoms with Gasteiger partial charge in [-0.3, -0.25) is 4.79 Å². The zero-order chi connectivity index (χ0) is 26.8. The lowest BCUT2D eigenvalue weighted by Crippen LogP contribution is -2.32. The molecule has 1 unspecified atom stereocenters. The van der Waals surface area contributed by atoms with Gasteiger partial charge < -0.3 is 20.1 Å². The molecule has 6 nitrogen and oxygen atoms in total. The summed E-state index contributed by atoms with van der Waals surface area (Å²) >= 11 is 0. The van der Waals surface area contributed by atoms with Crippen molar-refractivity contribution < 1.29 is 19.1 Å². The minimum Gasteiger partial charge on any atom is -0.490 e. The lowest BCUT2D eigenvalue weighted by molar-refractivity contribution is -0.145. The first-order valence-corrected chi connectivity index (χ1v) is 13.1. The smallest absolute Gasteiger partial charge is 0.319 e. The fourth-order valence-corrected chi connectivity index (χ4v) is 3.70. The monoisotopic (exact) mass is 496 g/mol. The van der Waals surface area contributed by atoms with Crippen LogP contribution in [0, 0.1) is 0 Å². The number of ether oxygens (including phenoxy) is 2. The van der Waals surface area contributed by atoms with E-state index >= 15 is 0 Å². The van der Waals surface area contributed by atoms with E-state index in [4.69, 9.17) is 9.47 Å². The van der Waals surface area contributed by atoms with Crippen molar-refractivity contribution in [3.05, 3.63) is 59.7 Å². The molecule has 0 saturated carbocycles. The largest absolute Gasteiger partial charge is 0.490 e. The molecule has 0 aromatic heterocycles. The van der Waals surface area contributed by atoms with Crippen LogP contribution in [-0.2, 0) is 20.4 Å². The molecule has 36 heavy (non-hydrogen) atoms. The number of para-hydroxylation sites is 1. The molecule has 2 aromatic carbocycles. The summed E-state index contributed by atoms with van der Waals surface area (Å²) in [5.41, 5.74) is 3.19. The van der Waals surface area contributed by atoms with Crippen molar-refractivity contribution in [2.24, 2.45) is 0 Å². The molecular formula is C30H44N2O4. The molecule has 0 aliphatic heterocycles. The highest BCUT2D eigenvalue weighted by Crippen LogP contribution is 2.39. The van der Waals surface area contributed by atoms with Crippen molar-refractivity contribution in [2.75, 3.05) is 18.5 Å². The SMILES string of the molecule is CCC(CC(=O)OCCNC(=O)Nc1ccccc1)Oc1ccc(C(C)(C)CC)cc1C(C)(C)CC. The van der Waals surface area contributed by atoms with Crippen molar-refractivity contribution in [3.63, 3.8) is 0 Å². The molecule has 0 bridgehead atoms. The molecular weight excluding hydrogens is 452 g/mol. The van der Waals surface area contributed by atoms with E-state index in [0.717, 1.165) is 18.6 Å². The summed E-state index contributed by atoms with van der Waals surface area (Å²) in [7, 11) is 0. The molecule has 0 fully saturated rings. The third-order valence-electron chi connectivity index (χ3n) is 7.08. The number of nitrogens with one attached hydrogen (secondary N) is 2. The second kappa shape index (κ2) is 13.3. The zero-order valence-electron chi connectivity index (χ0n) is 23.1. The van der Waals surface area contributed by atoms with Crippen LogP contribution in [0.1, 0.15) is 85.3 Å². The van der Waals surface area contributed by atoms with Crippen LogP contribution in [0.3, 0.4) is 0 Å². The van der Waals surface area contributed by atoms with Gasteiger partial charge in [0.25, 0.3) is 0 Å². The molecule has 2 aromatic rings. The molecule has 198 valence electrons. The summed E-state index contributed by atoms with van der Waals surface area (Å²) in [6.45, 7) is 15.7. The van der Waals surface area contributed by atoms with Crippen LogP contribution in [0.4, 0.5) is 10.5 Å². The maximum Gasteiger partial charge on any atom is 0.319 e. The highest BCUT2D eigenvalue weighted by Gasteiger charge is 2.28. The van der Waals surface area contributed by atoms with E-state index in [1.807, 2.05) is 25.1 Å². The van der Waals surface area contributed by atoms with E-state index in [1.165, 1.54) is 11.1 Å². The van der Waals surface area contributed by atoms with Gasteiger partial charge in [0.15, 0.2) is 0 Å². The molecule has 2 rings (SSSR count). The number of benzene rings is 2. The van der Waals surface area contributed by atoms with Crippen molar-refractivity contribution in [1.82, 2.24) is 5.32 Å². The van der Waals surface area contributed by atoms with E-state index in [-0.39, 0.29) is 48.5 Å². The van der Waals surface area contributed by atoms with Gasteiger partial charge >= 0.3 is 12.0 Å². The van der Waals surface area contributed by atoms with Gasteiger partial charge in [-0.05, 0) is 53.9 Å². The molecule has 0 aliphatic rings. The minimum atomic E-state index is -0.341. The normalized spacial score (nSPS) is 12.5. The Kier molecular flexibility index (Phi) is 10.8. The fourth-order valence-electron chi connectivity index (χ4n) is 3.70. The van der Waals surface area contributed by atoms with E-state index in [2.05, 4.69) is 70.4 Å². The Morgan fingerprint density at radius 2 is 1.58 bits per heavy atom. The second-order valence-electron chi connectivity index (χ2n) is 10.5. The number of urea groups is 1. The molecule has 0 heterocycles. The van der Waals surface area contributed by atoms with Crippen LogP contribution in [0.5, 0.6) is 5.75 Å². The standard InChI is InChI=1S/C30H44N2O4/c1-8-24(21-27(33)35-19-18-31-28(34)32-23-14-12-11-13-15-23)36-26-17-16-22(29(4,5)9-2)20-25(26)30(6,7)10-3/h11-17,20,24H,8-10,18-19,21H2,1-7H3,(H2,31,32,34). The van der Waals surface area contributed by atoms with Gasteiger partial charge in [-0.2, -0.15) is 0 Å². The lowest BCUT2D eigenvalue weighted by atomic mass is 9.76. The number of anilines is 1. The average Bonchev–Trinajstić information content (AvgIpc) is 2.86. The lowest BCUT2D eigenvalue weighted by Gasteiger charge is -2.31. The maximum absolute atomic E-state index is 12.5. The topological polar surface area (TPSA) is 76.7 Å². The van der Waals surface area contributed by atoms with E-state index in [1.54, 1.807) is 12.1 Å². The summed E-state index contributed by atoms with van der Waals surface area (Å²) in [6.07, 6.45) is 2.57. The molecule has 6 heteroatoms. The maximum atomic E-state index is 12.5. The summed E-state index contributed by atoms with van der Waals surface area (Å²) in [5.74, 6) is 0.489. The number of esters is 1. The molecule has 0 saturated heterocycles. The predicted molar refractivity (Wildman–Crippen MR) is 147 cm³/mol. The Balaban J connectivity index is 1.94. The Bertz CT molecular complexity index is 986. The highest BCUT2D eigenvalue weighted by molar-refractivity contribution is 5.89. The number of hydrogen-bond donors (Lipinski definition) is 2. The Hall–Kier alpha value is -3.02. The van der Waals surface area contributed by atoms with Crippen molar-refractivity contribution >= 4 is 17.7 Å². The predicted octanol–water partition coefficient (Wildman–Crippen LogP) is 6.97. The van der Waals surface area contributed by atoms with Gasteiger partial charge in [0, 0.05) is 11.3 Å². The number of rotatable bonds is 13. The first-order chi connectivity index (χ1) is 17.0. The molecule has 0 spiro atoms. The third kappa shape index (κ3) is 8.58. The molecule has 2 N–H and O–H groups in total. The first-order valence-electron chi connectivity index (χ1n) is 13.1. The van der Waals surface area contributed by atoms with Crippen LogP contribution >= 0.6 is 0 Å². The quantitative estimate of drug-likeness (QED) is 0.232. The Morgan fingerprint density at radius 3 is 2.19 bits per heavy atom. The summed E-state index contributed by atoms with van der Waals surface area (Å²) in [4.78, 5) is 24.4. The van der Waals surface area contributed by atoms with Crippen LogP contribution in [0.25, 0.3) is 0 Å². The van der Waals surface area contributed by atoms with Crippen LogP contribution in [0.2, 0.25) is 0 Å². The second-order valence-corrected chi connectivity index (χ2v) is 10.5. The fraction of sp³-hybridized carbons (Fsp3) is 0.533. The summed E-state index contributed by atoms with van der Waals surface area (Å²) in [6, 6.07) is 15.3. The van der Waals surface area contributed by atoms with Gasteiger partial charge in [-0.25, -0.2) is 4.79 Å². The van der Waals surface area contributed by atoms with Crippen molar-refractivity contribution in [1.29, 1.82) is 0 Å². The van der Waals surface area contributed by atoms with Gasteiger partial charge in [0.1, 0.15) is 18.5 Å². The molecule has 1 atom stereocenters. The highest BCUT2D eigenvalue weighted by atomic mass is 16.5. The number of amides is 2. The number of hydrogen-bond acceptors (Lipinski definition) is 4. The van der Waals surface area contributed by atoms with E-state index in [0.29, 0.717) is 12.1 Å². The van der Waals surface area contributed by atoms with Gasteiger partial charge in [0.2, 0.25) is 0 Å². The van der Waals surface area contributed by atoms with Gasteiger partial charge in [-0.15, -0.1) is 0 Å². The van der Waals surface area contributed by atoms with E-state index < -0.39 is 0 Å². The first kappa shape index (κ1) is 29.2. The average molecular weight is 497 g/mol.